The molecule has 0 N–H and O–H groups in total. The van der Waals surface area contributed by atoms with Gasteiger partial charge in [-0.25, -0.2) is 4.98 Å². The van der Waals surface area contributed by atoms with Gasteiger partial charge in [0.05, 0.1) is 24.2 Å². The molecule has 100 valence electrons. The topological polar surface area (TPSA) is 36.4 Å². The average Bonchev–Trinajstić information content (AvgIpc) is 2.78. The van der Waals surface area contributed by atoms with Gasteiger partial charge in [-0.3, -0.25) is 9.69 Å². The number of hydrogen-bond acceptors (Lipinski definition) is 4. The van der Waals surface area contributed by atoms with Gasteiger partial charge in [0.2, 0.25) is 5.91 Å². The number of thiazole rings is 1. The van der Waals surface area contributed by atoms with E-state index < -0.39 is 0 Å². The molecule has 2 rings (SSSR count). The first-order valence-corrected chi connectivity index (χ1v) is 7.51. The molecule has 0 bridgehead atoms. The van der Waals surface area contributed by atoms with Crippen LogP contribution in [0.4, 0.5) is 0 Å². The first kappa shape index (κ1) is 13.8. The molecule has 1 unspecified atom stereocenters. The lowest BCUT2D eigenvalue weighted by molar-refractivity contribution is -0.130. The van der Waals surface area contributed by atoms with E-state index in [2.05, 4.69) is 16.8 Å². The molecule has 1 atom stereocenters. The Kier molecular flexibility index (Phi) is 4.59. The van der Waals surface area contributed by atoms with Crippen molar-refractivity contribution in [1.82, 2.24) is 14.8 Å². The number of rotatable bonds is 3. The summed E-state index contributed by atoms with van der Waals surface area (Å²) in [7, 11) is 1.87. The Morgan fingerprint density at radius 2 is 2.33 bits per heavy atom. The Bertz CT molecular complexity index is 423. The Morgan fingerprint density at radius 1 is 1.56 bits per heavy atom. The zero-order valence-electron chi connectivity index (χ0n) is 10.7. The van der Waals surface area contributed by atoms with Crippen LogP contribution in [0.15, 0.2) is 5.38 Å². The summed E-state index contributed by atoms with van der Waals surface area (Å²) in [6, 6.07) is 0.183. The molecule has 1 aliphatic heterocycles. The predicted molar refractivity (Wildman–Crippen MR) is 73.9 cm³/mol. The van der Waals surface area contributed by atoms with Crippen molar-refractivity contribution >= 4 is 28.8 Å². The molecule has 0 spiro atoms. The predicted octanol–water partition coefficient (Wildman–Crippen LogP) is 2.11. The Morgan fingerprint density at radius 3 is 3.00 bits per heavy atom. The molecule has 0 aliphatic carbocycles. The third kappa shape index (κ3) is 3.02. The van der Waals surface area contributed by atoms with Crippen LogP contribution < -0.4 is 0 Å². The maximum absolute atomic E-state index is 11.9. The van der Waals surface area contributed by atoms with Gasteiger partial charge >= 0.3 is 0 Å². The summed E-state index contributed by atoms with van der Waals surface area (Å²) in [4.78, 5) is 20.4. The van der Waals surface area contributed by atoms with Gasteiger partial charge in [-0.2, -0.15) is 0 Å². The van der Waals surface area contributed by atoms with Gasteiger partial charge in [0, 0.05) is 25.5 Å². The molecule has 0 aromatic carbocycles. The van der Waals surface area contributed by atoms with Crippen LogP contribution in [0.25, 0.3) is 0 Å². The van der Waals surface area contributed by atoms with Gasteiger partial charge < -0.3 is 4.90 Å². The number of carbonyl (C=O) groups excluding carboxylic acids is 1. The minimum atomic E-state index is 0.183. The number of amides is 1. The van der Waals surface area contributed by atoms with Crippen molar-refractivity contribution in [3.63, 3.8) is 0 Å². The molecule has 1 fully saturated rings. The van der Waals surface area contributed by atoms with Gasteiger partial charge in [0.25, 0.3) is 0 Å². The molecular weight excluding hydrogens is 270 g/mol. The highest BCUT2D eigenvalue weighted by Crippen LogP contribution is 2.25. The molecule has 1 saturated heterocycles. The normalized spacial score (nSPS) is 19.9. The maximum Gasteiger partial charge on any atom is 0.236 e. The fourth-order valence-electron chi connectivity index (χ4n) is 2.07. The third-order valence-corrected chi connectivity index (χ3v) is 4.65. The fourth-order valence-corrected chi connectivity index (χ4v) is 3.21. The van der Waals surface area contributed by atoms with Gasteiger partial charge in [0.15, 0.2) is 0 Å². The Labute approximate surface area is 117 Å². The lowest BCUT2D eigenvalue weighted by Gasteiger charge is -2.25. The number of alkyl halides is 1. The lowest BCUT2D eigenvalue weighted by atomic mass is 10.2. The van der Waals surface area contributed by atoms with E-state index in [9.17, 15) is 4.79 Å². The highest BCUT2D eigenvalue weighted by molar-refractivity contribution is 7.09. The molecule has 1 aromatic rings. The van der Waals surface area contributed by atoms with Crippen LogP contribution in [0.1, 0.15) is 30.1 Å². The number of likely N-dealkylation sites (N-methyl/N-ethyl adjacent to an activating group) is 1. The number of aromatic nitrogens is 1. The number of halogens is 1. The molecular formula is C12H18ClN3OS. The van der Waals surface area contributed by atoms with Crippen LogP contribution in [-0.4, -0.2) is 47.4 Å². The second kappa shape index (κ2) is 5.99. The lowest BCUT2D eigenvalue weighted by Crippen LogP contribution is -2.35. The van der Waals surface area contributed by atoms with E-state index in [1.165, 1.54) is 0 Å². The van der Waals surface area contributed by atoms with Crippen LogP contribution in [0, 0.1) is 0 Å². The summed E-state index contributed by atoms with van der Waals surface area (Å²) < 4.78 is 0. The van der Waals surface area contributed by atoms with E-state index in [1.807, 2.05) is 12.4 Å². The molecule has 6 heteroatoms. The highest BCUT2D eigenvalue weighted by atomic mass is 35.5. The molecule has 18 heavy (non-hydrogen) atoms. The average molecular weight is 288 g/mol. The van der Waals surface area contributed by atoms with Crippen molar-refractivity contribution in [3.05, 3.63) is 16.1 Å². The second-order valence-electron chi connectivity index (χ2n) is 4.63. The van der Waals surface area contributed by atoms with Gasteiger partial charge in [-0.1, -0.05) is 0 Å². The van der Waals surface area contributed by atoms with Crippen molar-refractivity contribution in [2.75, 3.05) is 26.7 Å². The van der Waals surface area contributed by atoms with Crippen molar-refractivity contribution < 1.29 is 4.79 Å². The zero-order valence-corrected chi connectivity index (χ0v) is 12.3. The molecule has 1 amide bonds. The monoisotopic (exact) mass is 287 g/mol. The Balaban J connectivity index is 2.07. The summed E-state index contributed by atoms with van der Waals surface area (Å²) in [5.41, 5.74) is 0.918. The van der Waals surface area contributed by atoms with Crippen LogP contribution in [0.2, 0.25) is 0 Å². The quantitative estimate of drug-likeness (QED) is 0.799. The smallest absolute Gasteiger partial charge is 0.236 e. The summed E-state index contributed by atoms with van der Waals surface area (Å²) in [5, 5.41) is 3.04. The Hall–Kier alpha value is -0.650. The second-order valence-corrected chi connectivity index (χ2v) is 5.78. The summed E-state index contributed by atoms with van der Waals surface area (Å²) in [5.74, 6) is 0.638. The zero-order chi connectivity index (χ0) is 13.1. The maximum atomic E-state index is 11.9. The van der Waals surface area contributed by atoms with Crippen LogP contribution in [-0.2, 0) is 10.7 Å². The number of nitrogens with zero attached hydrogens (tertiary/aromatic N) is 3. The largest absolute Gasteiger partial charge is 0.345 e. The van der Waals surface area contributed by atoms with E-state index in [4.69, 9.17) is 11.6 Å². The van der Waals surface area contributed by atoms with Crippen molar-refractivity contribution in [1.29, 1.82) is 0 Å². The minimum absolute atomic E-state index is 0.183. The van der Waals surface area contributed by atoms with E-state index >= 15 is 0 Å². The highest BCUT2D eigenvalue weighted by Gasteiger charge is 2.25. The van der Waals surface area contributed by atoms with Crippen molar-refractivity contribution in [2.45, 2.75) is 25.3 Å². The molecule has 0 saturated carbocycles. The summed E-state index contributed by atoms with van der Waals surface area (Å²) in [6.45, 7) is 4.36. The summed E-state index contributed by atoms with van der Waals surface area (Å²) in [6.07, 6.45) is 1.01. The fraction of sp³-hybridized carbons (Fsp3) is 0.667. The van der Waals surface area contributed by atoms with Crippen LogP contribution >= 0.6 is 22.9 Å². The SMILES string of the molecule is CC(c1nc(CCl)cs1)N1CCCN(C)C(=O)C1. The molecule has 1 aliphatic rings. The van der Waals surface area contributed by atoms with E-state index in [1.54, 1.807) is 16.2 Å². The van der Waals surface area contributed by atoms with E-state index in [0.717, 1.165) is 30.2 Å². The van der Waals surface area contributed by atoms with E-state index in [-0.39, 0.29) is 11.9 Å². The number of carbonyl (C=O) groups is 1. The van der Waals surface area contributed by atoms with Crippen LogP contribution in [0.5, 0.6) is 0 Å². The van der Waals surface area contributed by atoms with E-state index in [0.29, 0.717) is 12.4 Å². The molecule has 1 aromatic heterocycles. The third-order valence-electron chi connectivity index (χ3n) is 3.31. The molecule has 4 nitrogen and oxygen atoms in total. The standard InChI is InChI=1S/C12H18ClN3OS/c1-9(12-14-10(6-13)8-18-12)16-5-3-4-15(2)11(17)7-16/h8-9H,3-7H2,1-2H3. The molecule has 0 radical (unpaired) electrons. The van der Waals surface area contributed by atoms with Crippen molar-refractivity contribution in [3.8, 4) is 0 Å². The van der Waals surface area contributed by atoms with Crippen LogP contribution in [0.3, 0.4) is 0 Å². The van der Waals surface area contributed by atoms with Gasteiger partial charge in [0.1, 0.15) is 5.01 Å². The van der Waals surface area contributed by atoms with Gasteiger partial charge in [-0.15, -0.1) is 22.9 Å². The minimum Gasteiger partial charge on any atom is -0.345 e. The summed E-state index contributed by atoms with van der Waals surface area (Å²) >= 11 is 7.39. The van der Waals surface area contributed by atoms with Crippen molar-refractivity contribution in [2.24, 2.45) is 0 Å². The number of hydrogen-bond donors (Lipinski definition) is 0. The molecule has 2 heterocycles. The first-order chi connectivity index (χ1) is 8.61. The van der Waals surface area contributed by atoms with Gasteiger partial charge in [-0.05, 0) is 13.3 Å². The first-order valence-electron chi connectivity index (χ1n) is 6.10.